The van der Waals surface area contributed by atoms with Gasteiger partial charge in [0.15, 0.2) is 0 Å². The smallest absolute Gasteiger partial charge is 0.259 e. The molecule has 26 heavy (non-hydrogen) atoms. The average Bonchev–Trinajstić information content (AvgIpc) is 2.99. The standard InChI is InChI=1S/C21H18FN3O/c1-14-13-15-7-2-5-11-19(15)25(14)20-16(8-6-12-23-20)21(26)24-18-10-4-3-9-17(18)22/h2-12,14H,13H2,1H3,(H,24,26). The highest BCUT2D eigenvalue weighted by Crippen LogP contribution is 2.38. The van der Waals surface area contributed by atoms with Gasteiger partial charge >= 0.3 is 0 Å². The number of nitrogens with one attached hydrogen (secondary N) is 1. The Morgan fingerprint density at radius 3 is 2.73 bits per heavy atom. The van der Waals surface area contributed by atoms with E-state index in [1.54, 1.807) is 30.5 Å². The van der Waals surface area contributed by atoms with E-state index in [2.05, 4.69) is 28.2 Å². The van der Waals surface area contributed by atoms with Crippen LogP contribution < -0.4 is 10.2 Å². The number of para-hydroxylation sites is 2. The van der Waals surface area contributed by atoms with E-state index in [0.717, 1.165) is 12.1 Å². The van der Waals surface area contributed by atoms with Gasteiger partial charge in [-0.15, -0.1) is 0 Å². The molecule has 1 aliphatic heterocycles. The first-order chi connectivity index (χ1) is 12.6. The van der Waals surface area contributed by atoms with Gasteiger partial charge in [0.25, 0.3) is 5.91 Å². The van der Waals surface area contributed by atoms with E-state index in [0.29, 0.717) is 11.4 Å². The van der Waals surface area contributed by atoms with Crippen LogP contribution in [0.2, 0.25) is 0 Å². The summed E-state index contributed by atoms with van der Waals surface area (Å²) in [6.07, 6.45) is 2.56. The molecule has 1 N–H and O–H groups in total. The van der Waals surface area contributed by atoms with Crippen LogP contribution >= 0.6 is 0 Å². The molecule has 2 heterocycles. The van der Waals surface area contributed by atoms with Crippen LogP contribution in [0.4, 0.5) is 21.6 Å². The SMILES string of the molecule is CC1Cc2ccccc2N1c1ncccc1C(=O)Nc1ccccc1F. The second-order valence-electron chi connectivity index (χ2n) is 6.36. The Kier molecular flexibility index (Phi) is 4.13. The van der Waals surface area contributed by atoms with Gasteiger partial charge in [-0.2, -0.15) is 0 Å². The summed E-state index contributed by atoms with van der Waals surface area (Å²) in [7, 11) is 0. The van der Waals surface area contributed by atoms with Crippen LogP contribution in [-0.2, 0) is 6.42 Å². The van der Waals surface area contributed by atoms with Gasteiger partial charge in [-0.1, -0.05) is 30.3 Å². The molecule has 1 aromatic heterocycles. The molecular formula is C21H18FN3O. The number of pyridine rings is 1. The lowest BCUT2D eigenvalue weighted by Gasteiger charge is -2.25. The number of carbonyl (C=O) groups excluding carboxylic acids is 1. The van der Waals surface area contributed by atoms with E-state index < -0.39 is 5.82 Å². The van der Waals surface area contributed by atoms with Gasteiger partial charge in [0.2, 0.25) is 0 Å². The summed E-state index contributed by atoms with van der Waals surface area (Å²) < 4.78 is 13.9. The minimum atomic E-state index is -0.467. The maximum atomic E-state index is 13.9. The Bertz CT molecular complexity index is 973. The number of aromatic nitrogens is 1. The van der Waals surface area contributed by atoms with Gasteiger partial charge in [-0.25, -0.2) is 9.37 Å². The van der Waals surface area contributed by atoms with Crippen molar-refractivity contribution in [3.63, 3.8) is 0 Å². The molecule has 0 saturated carbocycles. The van der Waals surface area contributed by atoms with Crippen molar-refractivity contribution in [2.75, 3.05) is 10.2 Å². The number of anilines is 3. The average molecular weight is 347 g/mol. The molecule has 2 aromatic carbocycles. The zero-order chi connectivity index (χ0) is 18.1. The number of amides is 1. The van der Waals surface area contributed by atoms with Crippen LogP contribution in [0.3, 0.4) is 0 Å². The molecule has 130 valence electrons. The lowest BCUT2D eigenvalue weighted by Crippen LogP contribution is -2.28. The van der Waals surface area contributed by atoms with Gasteiger partial charge < -0.3 is 10.2 Å². The largest absolute Gasteiger partial charge is 0.322 e. The predicted octanol–water partition coefficient (Wildman–Crippen LogP) is 4.56. The molecule has 4 nitrogen and oxygen atoms in total. The second-order valence-corrected chi connectivity index (χ2v) is 6.36. The number of rotatable bonds is 3. The summed E-state index contributed by atoms with van der Waals surface area (Å²) in [6.45, 7) is 2.10. The lowest BCUT2D eigenvalue weighted by molar-refractivity contribution is 0.102. The van der Waals surface area contributed by atoms with Crippen molar-refractivity contribution < 1.29 is 9.18 Å². The normalized spacial score (nSPS) is 15.6. The topological polar surface area (TPSA) is 45.2 Å². The van der Waals surface area contributed by atoms with Crippen molar-refractivity contribution in [2.45, 2.75) is 19.4 Å². The number of halogens is 1. The number of hydrogen-bond acceptors (Lipinski definition) is 3. The fourth-order valence-corrected chi connectivity index (χ4v) is 3.41. The van der Waals surface area contributed by atoms with E-state index in [1.807, 2.05) is 18.2 Å². The minimum Gasteiger partial charge on any atom is -0.322 e. The van der Waals surface area contributed by atoms with Crippen LogP contribution in [0.15, 0.2) is 66.9 Å². The van der Waals surface area contributed by atoms with Crippen LogP contribution in [-0.4, -0.2) is 16.9 Å². The third-order valence-electron chi connectivity index (χ3n) is 4.59. The minimum absolute atomic E-state index is 0.155. The zero-order valence-electron chi connectivity index (χ0n) is 14.3. The molecule has 0 radical (unpaired) electrons. The highest BCUT2D eigenvalue weighted by Gasteiger charge is 2.30. The molecular weight excluding hydrogens is 329 g/mol. The molecule has 0 saturated heterocycles. The molecule has 0 bridgehead atoms. The molecule has 1 atom stereocenters. The molecule has 4 rings (SSSR count). The summed E-state index contributed by atoms with van der Waals surface area (Å²) in [4.78, 5) is 19.4. The second kappa shape index (κ2) is 6.59. The Morgan fingerprint density at radius 2 is 1.88 bits per heavy atom. The molecule has 5 heteroatoms. The third kappa shape index (κ3) is 2.81. The lowest BCUT2D eigenvalue weighted by atomic mass is 10.1. The maximum absolute atomic E-state index is 13.9. The van der Waals surface area contributed by atoms with Gasteiger partial charge in [0, 0.05) is 17.9 Å². The molecule has 3 aromatic rings. The predicted molar refractivity (Wildman–Crippen MR) is 100 cm³/mol. The fourth-order valence-electron chi connectivity index (χ4n) is 3.41. The van der Waals surface area contributed by atoms with Crippen molar-refractivity contribution in [1.82, 2.24) is 4.98 Å². The number of nitrogens with zero attached hydrogens (tertiary/aromatic N) is 2. The van der Waals surface area contributed by atoms with Crippen molar-refractivity contribution >= 4 is 23.1 Å². The maximum Gasteiger partial charge on any atom is 0.259 e. The Hall–Kier alpha value is -3.21. The van der Waals surface area contributed by atoms with Crippen LogP contribution in [0.25, 0.3) is 0 Å². The number of carbonyl (C=O) groups is 1. The van der Waals surface area contributed by atoms with E-state index in [-0.39, 0.29) is 17.6 Å². The first-order valence-corrected chi connectivity index (χ1v) is 8.53. The fraction of sp³-hybridized carbons (Fsp3) is 0.143. The summed E-state index contributed by atoms with van der Waals surface area (Å²) in [5.41, 5.74) is 2.85. The van der Waals surface area contributed by atoms with Crippen molar-refractivity contribution in [2.24, 2.45) is 0 Å². The van der Waals surface area contributed by atoms with Crippen LogP contribution in [0.1, 0.15) is 22.8 Å². The molecule has 1 aliphatic rings. The molecule has 1 amide bonds. The first kappa shape index (κ1) is 16.3. The molecule has 0 fully saturated rings. The third-order valence-corrected chi connectivity index (χ3v) is 4.59. The molecule has 0 aliphatic carbocycles. The van der Waals surface area contributed by atoms with Crippen molar-refractivity contribution in [3.05, 3.63) is 83.8 Å². The first-order valence-electron chi connectivity index (χ1n) is 8.53. The van der Waals surface area contributed by atoms with Gasteiger partial charge in [0.05, 0.1) is 11.3 Å². The summed E-state index contributed by atoms with van der Waals surface area (Å²) in [5.74, 6) is -0.264. The quantitative estimate of drug-likeness (QED) is 0.756. The van der Waals surface area contributed by atoms with E-state index in [9.17, 15) is 9.18 Å². The number of fused-ring (bicyclic) bond motifs is 1. The Labute approximate surface area is 151 Å². The summed E-state index contributed by atoms with van der Waals surface area (Å²) >= 11 is 0. The monoisotopic (exact) mass is 347 g/mol. The summed E-state index contributed by atoms with van der Waals surface area (Å²) in [5, 5.41) is 2.65. The molecule has 0 spiro atoms. The highest BCUT2D eigenvalue weighted by atomic mass is 19.1. The van der Waals surface area contributed by atoms with E-state index >= 15 is 0 Å². The number of hydrogen-bond donors (Lipinski definition) is 1. The van der Waals surface area contributed by atoms with Gasteiger partial charge in [-0.3, -0.25) is 4.79 Å². The van der Waals surface area contributed by atoms with Gasteiger partial charge in [-0.05, 0) is 49.2 Å². The van der Waals surface area contributed by atoms with Crippen LogP contribution in [0, 0.1) is 5.82 Å². The van der Waals surface area contributed by atoms with E-state index in [1.165, 1.54) is 17.7 Å². The highest BCUT2D eigenvalue weighted by molar-refractivity contribution is 6.08. The number of benzene rings is 2. The van der Waals surface area contributed by atoms with Crippen LogP contribution in [0.5, 0.6) is 0 Å². The molecule has 1 unspecified atom stereocenters. The van der Waals surface area contributed by atoms with Crippen molar-refractivity contribution in [3.8, 4) is 0 Å². The Morgan fingerprint density at radius 1 is 1.12 bits per heavy atom. The van der Waals surface area contributed by atoms with Gasteiger partial charge in [0.1, 0.15) is 11.6 Å². The Balaban J connectivity index is 1.72. The zero-order valence-corrected chi connectivity index (χ0v) is 14.3. The van der Waals surface area contributed by atoms with Crippen molar-refractivity contribution in [1.29, 1.82) is 0 Å². The van der Waals surface area contributed by atoms with E-state index in [4.69, 9.17) is 0 Å². The summed E-state index contributed by atoms with van der Waals surface area (Å²) in [6, 6.07) is 17.9.